The van der Waals surface area contributed by atoms with Gasteiger partial charge in [-0.1, -0.05) is 32.6 Å². The summed E-state index contributed by atoms with van der Waals surface area (Å²) in [6.45, 7) is 2.98. The van der Waals surface area contributed by atoms with E-state index < -0.39 is 0 Å². The SMILES string of the molecule is CCCCOc1ccc2nc(SNC3CCCCC3)sc2c1. The molecule has 1 saturated carbocycles. The lowest BCUT2D eigenvalue weighted by Gasteiger charge is -2.21. The van der Waals surface area contributed by atoms with Gasteiger partial charge in [0.25, 0.3) is 0 Å². The van der Waals surface area contributed by atoms with E-state index in [4.69, 9.17) is 9.72 Å². The molecule has 3 rings (SSSR count). The molecule has 0 amide bonds. The molecule has 5 heteroatoms. The van der Waals surface area contributed by atoms with E-state index in [-0.39, 0.29) is 0 Å². The summed E-state index contributed by atoms with van der Waals surface area (Å²) in [5.74, 6) is 0.960. The maximum absolute atomic E-state index is 5.78. The summed E-state index contributed by atoms with van der Waals surface area (Å²) in [7, 11) is 0. The molecule has 0 aliphatic heterocycles. The second-order valence-electron chi connectivity index (χ2n) is 5.87. The van der Waals surface area contributed by atoms with E-state index >= 15 is 0 Å². The van der Waals surface area contributed by atoms with E-state index in [1.165, 1.54) is 36.8 Å². The highest BCUT2D eigenvalue weighted by Crippen LogP contribution is 2.32. The third-order valence-electron chi connectivity index (χ3n) is 4.02. The Hall–Kier alpha value is -0.780. The first kappa shape index (κ1) is 16.1. The molecule has 1 aromatic heterocycles. The molecule has 0 unspecified atom stereocenters. The Bertz CT molecular complexity index is 593. The van der Waals surface area contributed by atoms with Gasteiger partial charge in [0.2, 0.25) is 0 Å². The standard InChI is InChI=1S/C17H24N2OS2/c1-2-3-11-20-14-9-10-15-16(12-14)21-17(18-15)22-19-13-7-5-4-6-8-13/h9-10,12-13,19H,2-8,11H2,1H3. The van der Waals surface area contributed by atoms with E-state index in [1.54, 1.807) is 23.3 Å². The van der Waals surface area contributed by atoms with Gasteiger partial charge in [-0.2, -0.15) is 0 Å². The Balaban J connectivity index is 1.59. The maximum Gasteiger partial charge on any atom is 0.166 e. The molecule has 0 atom stereocenters. The monoisotopic (exact) mass is 336 g/mol. The average molecular weight is 337 g/mol. The first-order chi connectivity index (χ1) is 10.8. The van der Waals surface area contributed by atoms with Crippen molar-refractivity contribution in [3.63, 3.8) is 0 Å². The van der Waals surface area contributed by atoms with Crippen LogP contribution in [0.3, 0.4) is 0 Å². The fourth-order valence-electron chi connectivity index (χ4n) is 2.71. The number of hydrogen-bond donors (Lipinski definition) is 1. The van der Waals surface area contributed by atoms with Gasteiger partial charge in [-0.05, 0) is 49.4 Å². The maximum atomic E-state index is 5.78. The van der Waals surface area contributed by atoms with Crippen LogP contribution in [-0.4, -0.2) is 17.6 Å². The van der Waals surface area contributed by atoms with Crippen molar-refractivity contribution in [3.05, 3.63) is 18.2 Å². The van der Waals surface area contributed by atoms with Gasteiger partial charge in [0, 0.05) is 6.04 Å². The molecule has 120 valence electrons. The zero-order valence-corrected chi connectivity index (χ0v) is 14.8. The number of aromatic nitrogens is 1. The Morgan fingerprint density at radius 2 is 2.18 bits per heavy atom. The van der Waals surface area contributed by atoms with E-state index in [0.29, 0.717) is 6.04 Å². The molecule has 2 aromatic rings. The topological polar surface area (TPSA) is 34.1 Å². The largest absolute Gasteiger partial charge is 0.494 e. The number of rotatable bonds is 7. The average Bonchev–Trinajstić information content (AvgIpc) is 2.96. The second-order valence-corrected chi connectivity index (χ2v) is 7.98. The highest BCUT2D eigenvalue weighted by atomic mass is 32.2. The highest BCUT2D eigenvalue weighted by molar-refractivity contribution is 7.99. The van der Waals surface area contributed by atoms with Crippen molar-refractivity contribution in [1.29, 1.82) is 0 Å². The third kappa shape index (κ3) is 4.37. The number of fused-ring (bicyclic) bond motifs is 1. The molecule has 22 heavy (non-hydrogen) atoms. The quantitative estimate of drug-likeness (QED) is 0.542. The van der Waals surface area contributed by atoms with Crippen molar-refractivity contribution in [2.24, 2.45) is 0 Å². The van der Waals surface area contributed by atoms with Gasteiger partial charge in [0.15, 0.2) is 4.34 Å². The van der Waals surface area contributed by atoms with Crippen LogP contribution in [0.1, 0.15) is 51.9 Å². The smallest absolute Gasteiger partial charge is 0.166 e. The Kier molecular flexibility index (Phi) is 5.98. The molecule has 1 aliphatic rings. The van der Waals surface area contributed by atoms with Crippen LogP contribution in [0.5, 0.6) is 5.75 Å². The summed E-state index contributed by atoms with van der Waals surface area (Å²) >= 11 is 3.45. The summed E-state index contributed by atoms with van der Waals surface area (Å²) in [5.41, 5.74) is 1.07. The number of unbranched alkanes of at least 4 members (excludes halogenated alkanes) is 1. The van der Waals surface area contributed by atoms with Crippen molar-refractivity contribution < 1.29 is 4.74 Å². The summed E-state index contributed by atoms with van der Waals surface area (Å²) in [6.07, 6.45) is 8.97. The number of thiazole rings is 1. The molecule has 1 aromatic carbocycles. The molecule has 0 radical (unpaired) electrons. The second kappa shape index (κ2) is 8.18. The number of benzene rings is 1. The van der Waals surface area contributed by atoms with E-state index in [9.17, 15) is 0 Å². The van der Waals surface area contributed by atoms with Gasteiger partial charge in [-0.25, -0.2) is 4.98 Å². The number of nitrogens with zero attached hydrogens (tertiary/aromatic N) is 1. The van der Waals surface area contributed by atoms with Crippen molar-refractivity contribution in [3.8, 4) is 5.75 Å². The van der Waals surface area contributed by atoms with Crippen LogP contribution in [-0.2, 0) is 0 Å². The van der Waals surface area contributed by atoms with E-state index in [1.807, 2.05) is 6.07 Å². The van der Waals surface area contributed by atoms with Gasteiger partial charge in [0.05, 0.1) is 16.8 Å². The Morgan fingerprint density at radius 1 is 1.32 bits per heavy atom. The summed E-state index contributed by atoms with van der Waals surface area (Å²) < 4.78 is 11.7. The summed E-state index contributed by atoms with van der Waals surface area (Å²) in [6, 6.07) is 6.87. The molecule has 1 fully saturated rings. The molecular formula is C17H24N2OS2. The van der Waals surface area contributed by atoms with Crippen LogP contribution in [0.25, 0.3) is 10.2 Å². The molecule has 1 N–H and O–H groups in total. The van der Waals surface area contributed by atoms with Gasteiger partial charge >= 0.3 is 0 Å². The third-order valence-corrected chi connectivity index (χ3v) is 6.05. The molecule has 0 saturated heterocycles. The lowest BCUT2D eigenvalue weighted by Crippen LogP contribution is -2.25. The predicted molar refractivity (Wildman–Crippen MR) is 95.9 cm³/mol. The van der Waals surface area contributed by atoms with Crippen molar-refractivity contribution >= 4 is 33.5 Å². The zero-order valence-electron chi connectivity index (χ0n) is 13.1. The minimum atomic E-state index is 0.652. The molecule has 3 nitrogen and oxygen atoms in total. The van der Waals surface area contributed by atoms with Crippen LogP contribution >= 0.6 is 23.3 Å². The van der Waals surface area contributed by atoms with E-state index in [2.05, 4.69) is 23.8 Å². The minimum absolute atomic E-state index is 0.652. The zero-order chi connectivity index (χ0) is 15.2. The van der Waals surface area contributed by atoms with Crippen molar-refractivity contribution in [2.75, 3.05) is 6.61 Å². The first-order valence-electron chi connectivity index (χ1n) is 8.31. The van der Waals surface area contributed by atoms with Gasteiger partial charge in [0.1, 0.15) is 5.75 Å². The molecule has 0 spiro atoms. The van der Waals surface area contributed by atoms with Crippen LogP contribution in [0.4, 0.5) is 0 Å². The van der Waals surface area contributed by atoms with E-state index in [0.717, 1.165) is 35.1 Å². The van der Waals surface area contributed by atoms with Crippen LogP contribution in [0.2, 0.25) is 0 Å². The normalized spacial score (nSPS) is 16.2. The number of hydrogen-bond acceptors (Lipinski definition) is 5. The molecule has 1 heterocycles. The van der Waals surface area contributed by atoms with Gasteiger partial charge < -0.3 is 4.74 Å². The van der Waals surface area contributed by atoms with Crippen LogP contribution in [0.15, 0.2) is 22.5 Å². The van der Waals surface area contributed by atoms with Gasteiger partial charge in [-0.15, -0.1) is 11.3 Å². The first-order valence-corrected chi connectivity index (χ1v) is 9.94. The lowest BCUT2D eigenvalue weighted by atomic mass is 9.96. The number of nitrogens with one attached hydrogen (secondary N) is 1. The molecule has 0 bridgehead atoms. The van der Waals surface area contributed by atoms with Crippen LogP contribution in [0, 0.1) is 0 Å². The summed E-state index contributed by atoms with van der Waals surface area (Å²) in [4.78, 5) is 4.70. The lowest BCUT2D eigenvalue weighted by molar-refractivity contribution is 0.310. The highest BCUT2D eigenvalue weighted by Gasteiger charge is 2.14. The molecule has 1 aliphatic carbocycles. The van der Waals surface area contributed by atoms with Gasteiger partial charge in [-0.3, -0.25) is 4.72 Å². The Labute approximate surface area is 141 Å². The fraction of sp³-hybridized carbons (Fsp3) is 0.588. The number of ether oxygens (including phenoxy) is 1. The Morgan fingerprint density at radius 3 is 3.00 bits per heavy atom. The molecular weight excluding hydrogens is 312 g/mol. The summed E-state index contributed by atoms with van der Waals surface area (Å²) in [5, 5.41) is 0. The fourth-order valence-corrected chi connectivity index (χ4v) is 4.66. The van der Waals surface area contributed by atoms with Crippen molar-refractivity contribution in [2.45, 2.75) is 62.3 Å². The minimum Gasteiger partial charge on any atom is -0.494 e. The van der Waals surface area contributed by atoms with Crippen LogP contribution < -0.4 is 9.46 Å². The predicted octanol–water partition coefficient (Wildman–Crippen LogP) is 5.40. The van der Waals surface area contributed by atoms with Crippen molar-refractivity contribution in [1.82, 2.24) is 9.71 Å².